The van der Waals surface area contributed by atoms with Gasteiger partial charge in [-0.05, 0) is 17.7 Å². The largest absolute Gasteiger partial charge is 0.383 e. The molecule has 0 radical (unpaired) electrons. The van der Waals surface area contributed by atoms with Crippen molar-refractivity contribution in [3.63, 3.8) is 0 Å². The zero-order chi connectivity index (χ0) is 11.5. The first-order chi connectivity index (χ1) is 6.92. The molecule has 1 aromatic rings. The van der Waals surface area contributed by atoms with Gasteiger partial charge < -0.3 is 8.98 Å². The van der Waals surface area contributed by atoms with Gasteiger partial charge in [0.15, 0.2) is 0 Å². The maximum Gasteiger partial charge on any atom is 0.306 e. The maximum atomic E-state index is 10.8. The SMILES string of the molecule is CC(C=O)c1ccc(OS(C)(=O)=O)cc1. The molecular weight excluding hydrogens is 216 g/mol. The minimum absolute atomic E-state index is 0.197. The number of aldehydes is 1. The minimum atomic E-state index is -3.49. The third-order valence-electron chi connectivity index (χ3n) is 1.86. The minimum Gasteiger partial charge on any atom is -0.383 e. The van der Waals surface area contributed by atoms with Crippen LogP contribution in [0.3, 0.4) is 0 Å². The highest BCUT2D eigenvalue weighted by atomic mass is 32.2. The molecular formula is C10H12O4S. The average molecular weight is 228 g/mol. The van der Waals surface area contributed by atoms with Gasteiger partial charge in [-0.2, -0.15) is 8.42 Å². The first-order valence-corrected chi connectivity index (χ1v) is 6.19. The summed E-state index contributed by atoms with van der Waals surface area (Å²) in [6.45, 7) is 1.76. The number of rotatable bonds is 4. The van der Waals surface area contributed by atoms with Crippen LogP contribution in [0.1, 0.15) is 18.4 Å². The summed E-state index contributed by atoms with van der Waals surface area (Å²) in [5, 5.41) is 0. The molecule has 0 aliphatic rings. The normalized spacial score (nSPS) is 13.2. The second-order valence-electron chi connectivity index (χ2n) is 3.28. The molecule has 82 valence electrons. The quantitative estimate of drug-likeness (QED) is 0.576. The van der Waals surface area contributed by atoms with Crippen LogP contribution in [-0.4, -0.2) is 21.0 Å². The van der Waals surface area contributed by atoms with Crippen molar-refractivity contribution in [3.05, 3.63) is 29.8 Å². The van der Waals surface area contributed by atoms with Gasteiger partial charge in [0.05, 0.1) is 6.26 Å². The Morgan fingerprint density at radius 2 is 1.80 bits per heavy atom. The van der Waals surface area contributed by atoms with Crippen molar-refractivity contribution in [1.82, 2.24) is 0 Å². The summed E-state index contributed by atoms with van der Waals surface area (Å²) in [4.78, 5) is 10.5. The summed E-state index contributed by atoms with van der Waals surface area (Å²) in [5.74, 6) is 0.0524. The Kier molecular flexibility index (Phi) is 3.47. The standard InChI is InChI=1S/C10H12O4S/c1-8(7-11)9-3-5-10(6-4-9)14-15(2,12)13/h3-8H,1-2H3. The molecule has 0 aromatic heterocycles. The van der Waals surface area contributed by atoms with E-state index in [2.05, 4.69) is 4.18 Å². The zero-order valence-electron chi connectivity index (χ0n) is 8.51. The second-order valence-corrected chi connectivity index (χ2v) is 4.86. The van der Waals surface area contributed by atoms with E-state index in [0.29, 0.717) is 0 Å². The van der Waals surface area contributed by atoms with Crippen LogP contribution in [-0.2, 0) is 14.9 Å². The highest BCUT2D eigenvalue weighted by Gasteiger charge is 2.06. The van der Waals surface area contributed by atoms with E-state index in [0.717, 1.165) is 18.1 Å². The van der Waals surface area contributed by atoms with Crippen LogP contribution in [0.2, 0.25) is 0 Å². The highest BCUT2D eigenvalue weighted by Crippen LogP contribution is 2.18. The molecule has 0 spiro atoms. The third kappa shape index (κ3) is 3.71. The van der Waals surface area contributed by atoms with E-state index in [9.17, 15) is 13.2 Å². The number of hydrogen-bond donors (Lipinski definition) is 0. The van der Waals surface area contributed by atoms with E-state index in [-0.39, 0.29) is 11.7 Å². The molecule has 0 N–H and O–H groups in total. The molecule has 5 heteroatoms. The predicted octanol–water partition coefficient (Wildman–Crippen LogP) is 1.33. The lowest BCUT2D eigenvalue weighted by molar-refractivity contribution is -0.108. The number of carbonyl (C=O) groups is 1. The van der Waals surface area contributed by atoms with Gasteiger partial charge in [-0.25, -0.2) is 0 Å². The number of hydrogen-bond acceptors (Lipinski definition) is 4. The van der Waals surface area contributed by atoms with Crippen molar-refractivity contribution in [3.8, 4) is 5.75 Å². The smallest absolute Gasteiger partial charge is 0.306 e. The molecule has 15 heavy (non-hydrogen) atoms. The van der Waals surface area contributed by atoms with Gasteiger partial charge >= 0.3 is 10.1 Å². The molecule has 0 fully saturated rings. The van der Waals surface area contributed by atoms with Gasteiger partial charge in [0.2, 0.25) is 0 Å². The summed E-state index contributed by atoms with van der Waals surface area (Å²) in [6, 6.07) is 6.38. The van der Waals surface area contributed by atoms with Crippen LogP contribution in [0.15, 0.2) is 24.3 Å². The molecule has 4 nitrogen and oxygen atoms in total. The van der Waals surface area contributed by atoms with Crippen molar-refractivity contribution in [2.45, 2.75) is 12.8 Å². The van der Waals surface area contributed by atoms with Gasteiger partial charge in [-0.3, -0.25) is 0 Å². The Morgan fingerprint density at radius 3 is 2.20 bits per heavy atom. The molecule has 1 aromatic carbocycles. The fraction of sp³-hybridized carbons (Fsp3) is 0.300. The van der Waals surface area contributed by atoms with Crippen molar-refractivity contribution in [1.29, 1.82) is 0 Å². The van der Waals surface area contributed by atoms with E-state index in [1.54, 1.807) is 19.1 Å². The summed E-state index contributed by atoms with van der Waals surface area (Å²) in [6.07, 6.45) is 1.81. The van der Waals surface area contributed by atoms with Gasteiger partial charge in [0, 0.05) is 5.92 Å². The maximum absolute atomic E-state index is 10.8. The Morgan fingerprint density at radius 1 is 1.27 bits per heavy atom. The van der Waals surface area contributed by atoms with Crippen LogP contribution in [0.25, 0.3) is 0 Å². The number of benzene rings is 1. The van der Waals surface area contributed by atoms with E-state index >= 15 is 0 Å². The highest BCUT2D eigenvalue weighted by molar-refractivity contribution is 7.86. The zero-order valence-corrected chi connectivity index (χ0v) is 9.32. The molecule has 0 heterocycles. The lowest BCUT2D eigenvalue weighted by Gasteiger charge is -2.06. The van der Waals surface area contributed by atoms with Crippen molar-refractivity contribution >= 4 is 16.4 Å². The molecule has 1 unspecified atom stereocenters. The number of carbonyl (C=O) groups excluding carboxylic acids is 1. The van der Waals surface area contributed by atoms with E-state index < -0.39 is 10.1 Å². The first-order valence-electron chi connectivity index (χ1n) is 4.37. The van der Waals surface area contributed by atoms with E-state index in [1.165, 1.54) is 12.1 Å². The van der Waals surface area contributed by atoms with Gasteiger partial charge in [0.1, 0.15) is 12.0 Å². The molecule has 1 atom stereocenters. The summed E-state index contributed by atoms with van der Waals surface area (Å²) < 4.78 is 26.2. The summed E-state index contributed by atoms with van der Waals surface area (Å²) in [7, 11) is -3.49. The lowest BCUT2D eigenvalue weighted by atomic mass is 10.0. The van der Waals surface area contributed by atoms with Crippen LogP contribution in [0.4, 0.5) is 0 Å². The molecule has 0 amide bonds. The van der Waals surface area contributed by atoms with Gasteiger partial charge in [-0.1, -0.05) is 19.1 Å². The van der Waals surface area contributed by atoms with Gasteiger partial charge in [-0.15, -0.1) is 0 Å². The predicted molar refractivity (Wildman–Crippen MR) is 56.4 cm³/mol. The van der Waals surface area contributed by atoms with Crippen molar-refractivity contribution in [2.75, 3.05) is 6.26 Å². The van der Waals surface area contributed by atoms with Crippen LogP contribution in [0, 0.1) is 0 Å². The van der Waals surface area contributed by atoms with Gasteiger partial charge in [0.25, 0.3) is 0 Å². The summed E-state index contributed by atoms with van der Waals surface area (Å²) in [5.41, 5.74) is 0.825. The molecule has 0 saturated carbocycles. The third-order valence-corrected chi connectivity index (χ3v) is 2.35. The Balaban J connectivity index is 2.86. The molecule has 0 aliphatic carbocycles. The monoisotopic (exact) mass is 228 g/mol. The Bertz CT molecular complexity index is 433. The van der Waals surface area contributed by atoms with Crippen molar-refractivity contribution in [2.24, 2.45) is 0 Å². The molecule has 0 saturated heterocycles. The average Bonchev–Trinajstić information content (AvgIpc) is 2.15. The summed E-state index contributed by atoms with van der Waals surface area (Å²) >= 11 is 0. The lowest BCUT2D eigenvalue weighted by Crippen LogP contribution is -2.05. The Labute approximate surface area is 89.0 Å². The fourth-order valence-corrected chi connectivity index (χ4v) is 1.54. The van der Waals surface area contributed by atoms with Crippen LogP contribution < -0.4 is 4.18 Å². The van der Waals surface area contributed by atoms with Crippen molar-refractivity contribution < 1.29 is 17.4 Å². The fourth-order valence-electron chi connectivity index (χ4n) is 1.08. The van der Waals surface area contributed by atoms with Crippen LogP contribution in [0.5, 0.6) is 5.75 Å². The Hall–Kier alpha value is -1.36. The second kappa shape index (κ2) is 4.44. The first kappa shape index (κ1) is 11.7. The molecule has 1 rings (SSSR count). The van der Waals surface area contributed by atoms with Crippen LogP contribution >= 0.6 is 0 Å². The van der Waals surface area contributed by atoms with E-state index in [4.69, 9.17) is 0 Å². The topological polar surface area (TPSA) is 60.4 Å². The van der Waals surface area contributed by atoms with E-state index in [1.807, 2.05) is 0 Å². The molecule has 0 bridgehead atoms. The molecule has 0 aliphatic heterocycles.